The molecule has 1 aromatic carbocycles. The highest BCUT2D eigenvalue weighted by Gasteiger charge is 2.14. The maximum atomic E-state index is 5.91. The summed E-state index contributed by atoms with van der Waals surface area (Å²) in [6.45, 7) is 0.998. The van der Waals surface area contributed by atoms with Crippen LogP contribution in [0.25, 0.3) is 0 Å². The van der Waals surface area contributed by atoms with E-state index >= 15 is 0 Å². The molecule has 1 aliphatic rings. The predicted octanol–water partition coefficient (Wildman–Crippen LogP) is 1.50. The molecule has 1 aliphatic heterocycles. The van der Waals surface area contributed by atoms with Crippen molar-refractivity contribution in [1.82, 2.24) is 0 Å². The molecule has 0 unspecified atom stereocenters. The molecule has 0 saturated heterocycles. The molecule has 58 valence electrons. The van der Waals surface area contributed by atoms with Gasteiger partial charge in [0.05, 0.1) is 0 Å². The molecule has 0 amide bonds. The molecule has 0 spiro atoms. The van der Waals surface area contributed by atoms with Crippen molar-refractivity contribution in [2.45, 2.75) is 12.5 Å². The van der Waals surface area contributed by atoms with Gasteiger partial charge in [-0.15, -0.1) is 0 Å². The fourth-order valence-corrected chi connectivity index (χ4v) is 1.50. The van der Waals surface area contributed by atoms with Gasteiger partial charge in [0.25, 0.3) is 0 Å². The fraction of sp³-hybridized carbons (Fsp3) is 0.333. The zero-order valence-corrected chi connectivity index (χ0v) is 6.38. The Kier molecular flexibility index (Phi) is 1.55. The third-order valence-electron chi connectivity index (χ3n) is 2.13. The number of hydrogen-bond acceptors (Lipinski definition) is 2. The Hall–Kier alpha value is -1.02. The molecule has 0 bridgehead atoms. The van der Waals surface area contributed by atoms with E-state index in [1.807, 2.05) is 12.1 Å². The maximum absolute atomic E-state index is 5.91. The van der Waals surface area contributed by atoms with Gasteiger partial charge in [-0.05, 0) is 18.1 Å². The zero-order valence-electron chi connectivity index (χ0n) is 6.38. The summed E-state index contributed by atoms with van der Waals surface area (Å²) in [4.78, 5) is 0. The first-order valence-electron chi connectivity index (χ1n) is 3.96. The van der Waals surface area contributed by atoms with Crippen molar-refractivity contribution in [3.8, 4) is 0 Å². The highest BCUT2D eigenvalue weighted by molar-refractivity contribution is 5.54. The van der Waals surface area contributed by atoms with E-state index in [9.17, 15) is 0 Å². The van der Waals surface area contributed by atoms with Crippen LogP contribution < -0.4 is 11.1 Å². The first-order chi connectivity index (χ1) is 5.38. The van der Waals surface area contributed by atoms with Crippen molar-refractivity contribution in [1.29, 1.82) is 0 Å². The van der Waals surface area contributed by atoms with Crippen molar-refractivity contribution in [2.75, 3.05) is 11.9 Å². The number of nitrogens with one attached hydrogen (secondary N) is 1. The zero-order chi connectivity index (χ0) is 7.68. The standard InChI is InChI=1S/C9H12N2/c10-8-5-6-11-9-4-2-1-3-7(8)9/h1-4,8,11H,5-6,10H2/t8-/m0/s1. The first kappa shape index (κ1) is 6.68. The summed E-state index contributed by atoms with van der Waals surface area (Å²) >= 11 is 0. The molecule has 0 saturated carbocycles. The van der Waals surface area contributed by atoms with Crippen molar-refractivity contribution in [2.24, 2.45) is 5.73 Å². The van der Waals surface area contributed by atoms with E-state index < -0.39 is 0 Å². The van der Waals surface area contributed by atoms with E-state index in [1.165, 1.54) is 11.3 Å². The number of nitrogens with two attached hydrogens (primary N) is 1. The van der Waals surface area contributed by atoms with E-state index in [4.69, 9.17) is 5.73 Å². The highest BCUT2D eigenvalue weighted by atomic mass is 14.9. The first-order valence-corrected chi connectivity index (χ1v) is 3.96. The lowest BCUT2D eigenvalue weighted by molar-refractivity contribution is 0.655. The molecule has 1 heterocycles. The molecular formula is C9H12N2. The molecule has 0 aliphatic carbocycles. The second kappa shape index (κ2) is 2.55. The molecule has 2 heteroatoms. The van der Waals surface area contributed by atoms with Crippen LogP contribution in [0.2, 0.25) is 0 Å². The number of hydrogen-bond donors (Lipinski definition) is 2. The topological polar surface area (TPSA) is 38.0 Å². The molecular weight excluding hydrogens is 136 g/mol. The van der Waals surface area contributed by atoms with Gasteiger partial charge >= 0.3 is 0 Å². The summed E-state index contributed by atoms with van der Waals surface area (Å²) in [5.41, 5.74) is 8.36. The van der Waals surface area contributed by atoms with E-state index in [0.717, 1.165) is 13.0 Å². The molecule has 2 nitrogen and oxygen atoms in total. The average molecular weight is 148 g/mol. The van der Waals surface area contributed by atoms with Crippen LogP contribution in [0.3, 0.4) is 0 Å². The summed E-state index contributed by atoms with van der Waals surface area (Å²) in [5, 5.41) is 3.31. The molecule has 2 rings (SSSR count). The number of para-hydroxylation sites is 1. The number of benzene rings is 1. The van der Waals surface area contributed by atoms with Gasteiger partial charge < -0.3 is 11.1 Å². The summed E-state index contributed by atoms with van der Waals surface area (Å²) in [6, 6.07) is 8.46. The minimum absolute atomic E-state index is 0.229. The van der Waals surface area contributed by atoms with E-state index in [2.05, 4.69) is 17.4 Å². The summed E-state index contributed by atoms with van der Waals surface area (Å²) < 4.78 is 0. The molecule has 1 atom stereocenters. The summed E-state index contributed by atoms with van der Waals surface area (Å²) in [5.74, 6) is 0. The number of fused-ring (bicyclic) bond motifs is 1. The Balaban J connectivity index is 2.44. The minimum atomic E-state index is 0.229. The number of rotatable bonds is 0. The lowest BCUT2D eigenvalue weighted by Crippen LogP contribution is -2.22. The number of anilines is 1. The highest BCUT2D eigenvalue weighted by Crippen LogP contribution is 2.26. The monoisotopic (exact) mass is 148 g/mol. The van der Waals surface area contributed by atoms with Crippen molar-refractivity contribution in [3.05, 3.63) is 29.8 Å². The molecule has 0 aromatic heterocycles. The molecule has 1 aromatic rings. The van der Waals surface area contributed by atoms with E-state index in [0.29, 0.717) is 0 Å². The predicted molar refractivity (Wildman–Crippen MR) is 46.5 cm³/mol. The fourth-order valence-electron chi connectivity index (χ4n) is 1.50. The third kappa shape index (κ3) is 1.10. The van der Waals surface area contributed by atoms with Crippen LogP contribution in [-0.2, 0) is 0 Å². The van der Waals surface area contributed by atoms with Crippen LogP contribution >= 0.6 is 0 Å². The minimum Gasteiger partial charge on any atom is -0.385 e. The van der Waals surface area contributed by atoms with Gasteiger partial charge in [0, 0.05) is 18.3 Å². The van der Waals surface area contributed by atoms with Crippen molar-refractivity contribution < 1.29 is 0 Å². The summed E-state index contributed by atoms with van der Waals surface area (Å²) in [7, 11) is 0. The third-order valence-corrected chi connectivity index (χ3v) is 2.13. The average Bonchev–Trinajstić information content (AvgIpc) is 2.06. The second-order valence-electron chi connectivity index (χ2n) is 2.91. The quantitative estimate of drug-likeness (QED) is 0.585. The Morgan fingerprint density at radius 1 is 1.36 bits per heavy atom. The van der Waals surface area contributed by atoms with Crippen LogP contribution in [-0.4, -0.2) is 6.54 Å². The SMILES string of the molecule is N[C@H]1CCNc2ccccc21. The van der Waals surface area contributed by atoms with Crippen LogP contribution in [0.5, 0.6) is 0 Å². The van der Waals surface area contributed by atoms with Gasteiger partial charge in [0.15, 0.2) is 0 Å². The van der Waals surface area contributed by atoms with Gasteiger partial charge in [-0.25, -0.2) is 0 Å². The van der Waals surface area contributed by atoms with Gasteiger partial charge in [-0.1, -0.05) is 18.2 Å². The lowest BCUT2D eigenvalue weighted by Gasteiger charge is -2.23. The van der Waals surface area contributed by atoms with Crippen LogP contribution in [0.15, 0.2) is 24.3 Å². The van der Waals surface area contributed by atoms with Crippen molar-refractivity contribution in [3.63, 3.8) is 0 Å². The Labute approximate surface area is 66.4 Å². The summed E-state index contributed by atoms with van der Waals surface area (Å²) in [6.07, 6.45) is 1.04. The second-order valence-corrected chi connectivity index (χ2v) is 2.91. The Morgan fingerprint density at radius 3 is 3.00 bits per heavy atom. The van der Waals surface area contributed by atoms with E-state index in [1.54, 1.807) is 0 Å². The maximum Gasteiger partial charge on any atom is 0.0388 e. The molecule has 11 heavy (non-hydrogen) atoms. The molecule has 3 N–H and O–H groups in total. The molecule has 0 radical (unpaired) electrons. The Bertz CT molecular complexity index is 257. The van der Waals surface area contributed by atoms with Crippen molar-refractivity contribution >= 4 is 5.69 Å². The van der Waals surface area contributed by atoms with Gasteiger partial charge in [0.2, 0.25) is 0 Å². The molecule has 0 fully saturated rings. The van der Waals surface area contributed by atoms with E-state index in [-0.39, 0.29) is 6.04 Å². The largest absolute Gasteiger partial charge is 0.385 e. The normalized spacial score (nSPS) is 22.1. The van der Waals surface area contributed by atoms with Gasteiger partial charge in [-0.2, -0.15) is 0 Å². The van der Waals surface area contributed by atoms with Gasteiger partial charge in [0.1, 0.15) is 0 Å². The Morgan fingerprint density at radius 2 is 2.18 bits per heavy atom. The smallest absolute Gasteiger partial charge is 0.0388 e. The lowest BCUT2D eigenvalue weighted by atomic mass is 9.99. The van der Waals surface area contributed by atoms with Crippen LogP contribution in [0.4, 0.5) is 5.69 Å². The van der Waals surface area contributed by atoms with Crippen LogP contribution in [0, 0.1) is 0 Å². The van der Waals surface area contributed by atoms with Gasteiger partial charge in [-0.3, -0.25) is 0 Å². The van der Waals surface area contributed by atoms with Crippen LogP contribution in [0.1, 0.15) is 18.0 Å².